The Bertz CT molecular complexity index is 1010. The monoisotopic (exact) mass is 490 g/mol. The number of nitrogens with one attached hydrogen (secondary N) is 3. The van der Waals surface area contributed by atoms with Crippen molar-refractivity contribution in [3.63, 3.8) is 0 Å². The van der Waals surface area contributed by atoms with Crippen LogP contribution in [0.15, 0.2) is 30.3 Å². The van der Waals surface area contributed by atoms with Crippen LogP contribution in [-0.2, 0) is 4.79 Å². The highest BCUT2D eigenvalue weighted by Gasteiger charge is 2.51. The van der Waals surface area contributed by atoms with E-state index in [1.54, 1.807) is 0 Å². The molecule has 2 aromatic rings. The van der Waals surface area contributed by atoms with Gasteiger partial charge in [-0.15, -0.1) is 0 Å². The molecule has 1 unspecified atom stereocenters. The zero-order valence-corrected chi connectivity index (χ0v) is 22.6. The summed E-state index contributed by atoms with van der Waals surface area (Å²) in [6.07, 6.45) is 11.0. The molecule has 0 spiro atoms. The van der Waals surface area contributed by atoms with Crippen LogP contribution in [0, 0.1) is 35.0 Å². The van der Waals surface area contributed by atoms with Crippen molar-refractivity contribution in [1.29, 1.82) is 0 Å². The molecular formula is C31H46N4O. The lowest BCUT2D eigenvalue weighted by Crippen LogP contribution is -2.47. The molecule has 0 saturated heterocycles. The summed E-state index contributed by atoms with van der Waals surface area (Å²) in [4.78, 5) is 18.0. The van der Waals surface area contributed by atoms with Gasteiger partial charge >= 0.3 is 0 Å². The van der Waals surface area contributed by atoms with Crippen molar-refractivity contribution in [1.82, 2.24) is 10.3 Å². The molecule has 1 atom stereocenters. The number of aromatic nitrogens is 1. The second-order valence-corrected chi connectivity index (χ2v) is 12.6. The minimum atomic E-state index is 0.182. The van der Waals surface area contributed by atoms with Gasteiger partial charge in [0.15, 0.2) is 0 Å². The van der Waals surface area contributed by atoms with Gasteiger partial charge in [0.1, 0.15) is 5.82 Å². The first kappa shape index (κ1) is 25.5. The van der Waals surface area contributed by atoms with Crippen LogP contribution >= 0.6 is 0 Å². The highest BCUT2D eigenvalue weighted by molar-refractivity contribution is 6.01. The fraction of sp³-hybridized carbons (Fsp3) is 0.677. The van der Waals surface area contributed by atoms with Crippen molar-refractivity contribution < 1.29 is 4.79 Å². The molecule has 36 heavy (non-hydrogen) atoms. The predicted octanol–water partition coefficient (Wildman–Crippen LogP) is 6.85. The van der Waals surface area contributed by atoms with Crippen molar-refractivity contribution in [2.24, 2.45) is 35.0 Å². The highest BCUT2D eigenvalue weighted by Crippen LogP contribution is 2.61. The zero-order valence-electron chi connectivity index (χ0n) is 22.6. The van der Waals surface area contributed by atoms with Crippen molar-refractivity contribution >= 4 is 28.3 Å². The fourth-order valence-electron chi connectivity index (χ4n) is 7.97. The van der Waals surface area contributed by atoms with Crippen LogP contribution in [0.4, 0.5) is 11.5 Å². The van der Waals surface area contributed by atoms with Gasteiger partial charge in [0, 0.05) is 18.4 Å². The Morgan fingerprint density at radius 1 is 1.03 bits per heavy atom. The van der Waals surface area contributed by atoms with E-state index in [2.05, 4.69) is 42.8 Å². The largest absolute Gasteiger partial charge is 0.370 e. The lowest BCUT2D eigenvalue weighted by atomic mass is 9.49. The average Bonchev–Trinajstić information content (AvgIpc) is 2.82. The van der Waals surface area contributed by atoms with Gasteiger partial charge < -0.3 is 16.0 Å². The van der Waals surface area contributed by atoms with Gasteiger partial charge in [-0.2, -0.15) is 0 Å². The lowest BCUT2D eigenvalue weighted by molar-refractivity contribution is -0.124. The van der Waals surface area contributed by atoms with E-state index in [9.17, 15) is 4.79 Å². The van der Waals surface area contributed by atoms with Gasteiger partial charge in [-0.05, 0) is 117 Å². The number of anilines is 2. The van der Waals surface area contributed by atoms with Gasteiger partial charge in [0.05, 0.1) is 11.2 Å². The summed E-state index contributed by atoms with van der Waals surface area (Å²) in [5.41, 5.74) is 2.08. The molecule has 1 aromatic heterocycles. The molecule has 3 N–H and O–H groups in total. The molecule has 4 aliphatic carbocycles. The first-order chi connectivity index (χ1) is 17.4. The Morgan fingerprint density at radius 3 is 2.42 bits per heavy atom. The molecule has 4 saturated carbocycles. The zero-order chi connectivity index (χ0) is 25.1. The quantitative estimate of drug-likeness (QED) is 0.285. The Kier molecular flexibility index (Phi) is 7.85. The molecule has 1 heterocycles. The number of carbonyl (C=O) groups is 1. The molecular weight excluding hydrogens is 444 g/mol. The molecule has 0 radical (unpaired) electrons. The number of hydrogen-bond donors (Lipinski definition) is 3. The van der Waals surface area contributed by atoms with Crippen LogP contribution in [0.5, 0.6) is 0 Å². The number of benzene rings is 1. The third kappa shape index (κ3) is 5.88. The minimum Gasteiger partial charge on any atom is -0.370 e. The molecule has 1 aromatic carbocycles. The van der Waals surface area contributed by atoms with E-state index in [-0.39, 0.29) is 11.3 Å². The molecule has 4 bridgehead atoms. The number of amides is 1. The van der Waals surface area contributed by atoms with Crippen molar-refractivity contribution in [2.75, 3.05) is 30.3 Å². The average molecular weight is 491 g/mol. The Morgan fingerprint density at radius 2 is 1.75 bits per heavy atom. The Labute approximate surface area is 217 Å². The maximum atomic E-state index is 13.2. The third-order valence-electron chi connectivity index (χ3n) is 9.42. The number of carbonyl (C=O) groups excluding carboxylic acids is 1. The van der Waals surface area contributed by atoms with Crippen LogP contribution in [0.3, 0.4) is 0 Å². The van der Waals surface area contributed by atoms with Crippen LogP contribution in [0.1, 0.15) is 78.6 Å². The van der Waals surface area contributed by atoms with E-state index >= 15 is 0 Å². The normalized spacial score (nSPS) is 27.5. The predicted molar refractivity (Wildman–Crippen MR) is 150 cm³/mol. The SMILES string of the molecule is CCC(CNCCCNc1ccc2c(NC(=O)CC34CC5CC(CC(C5)C3)C4)cccc2n1)C(C)C. The number of pyridine rings is 1. The third-order valence-corrected chi connectivity index (χ3v) is 9.42. The van der Waals surface area contributed by atoms with Gasteiger partial charge in [-0.25, -0.2) is 4.98 Å². The van der Waals surface area contributed by atoms with E-state index < -0.39 is 0 Å². The molecule has 5 nitrogen and oxygen atoms in total. The summed E-state index contributed by atoms with van der Waals surface area (Å²) >= 11 is 0. The van der Waals surface area contributed by atoms with E-state index in [0.717, 1.165) is 78.1 Å². The topological polar surface area (TPSA) is 66.0 Å². The highest BCUT2D eigenvalue weighted by atomic mass is 16.1. The summed E-state index contributed by atoms with van der Waals surface area (Å²) in [5, 5.41) is 11.4. The smallest absolute Gasteiger partial charge is 0.224 e. The Balaban J connectivity index is 1.13. The summed E-state index contributed by atoms with van der Waals surface area (Å²) in [7, 11) is 0. The number of fused-ring (bicyclic) bond motifs is 1. The van der Waals surface area contributed by atoms with Crippen molar-refractivity contribution in [3.8, 4) is 0 Å². The van der Waals surface area contributed by atoms with E-state index in [4.69, 9.17) is 4.98 Å². The van der Waals surface area contributed by atoms with Gasteiger partial charge in [0.25, 0.3) is 0 Å². The molecule has 4 aliphatic rings. The van der Waals surface area contributed by atoms with E-state index in [0.29, 0.717) is 6.42 Å². The van der Waals surface area contributed by atoms with E-state index in [1.165, 1.54) is 44.9 Å². The van der Waals surface area contributed by atoms with Gasteiger partial charge in [0.2, 0.25) is 5.91 Å². The molecule has 5 heteroatoms. The lowest BCUT2D eigenvalue weighted by Gasteiger charge is -2.56. The van der Waals surface area contributed by atoms with Crippen molar-refractivity contribution in [3.05, 3.63) is 30.3 Å². The summed E-state index contributed by atoms with van der Waals surface area (Å²) in [5.74, 6) is 5.19. The molecule has 4 fully saturated rings. The van der Waals surface area contributed by atoms with Crippen LogP contribution in [0.2, 0.25) is 0 Å². The fourth-order valence-corrected chi connectivity index (χ4v) is 7.97. The second kappa shape index (κ2) is 11.1. The maximum Gasteiger partial charge on any atom is 0.224 e. The van der Waals surface area contributed by atoms with Crippen LogP contribution < -0.4 is 16.0 Å². The standard InChI is InChI=1S/C31H46N4O/c1-4-25(21(2)3)20-32-11-6-12-33-29-10-9-26-27(34-29)7-5-8-28(26)35-30(36)19-31-16-22-13-23(17-31)15-24(14-22)18-31/h5,7-10,21-25,32H,4,6,11-20H2,1-3H3,(H,33,34)(H,35,36). The van der Waals surface area contributed by atoms with E-state index in [1.807, 2.05) is 24.3 Å². The maximum absolute atomic E-state index is 13.2. The van der Waals surface area contributed by atoms with Gasteiger partial charge in [-0.1, -0.05) is 33.3 Å². The second-order valence-electron chi connectivity index (χ2n) is 12.6. The summed E-state index contributed by atoms with van der Waals surface area (Å²) < 4.78 is 0. The molecule has 196 valence electrons. The number of hydrogen-bond acceptors (Lipinski definition) is 4. The first-order valence-corrected chi connectivity index (χ1v) is 14.6. The summed E-state index contributed by atoms with van der Waals surface area (Å²) in [6, 6.07) is 10.2. The van der Waals surface area contributed by atoms with Crippen LogP contribution in [0.25, 0.3) is 10.9 Å². The number of nitrogens with zero attached hydrogens (tertiary/aromatic N) is 1. The minimum absolute atomic E-state index is 0.182. The van der Waals surface area contributed by atoms with Gasteiger partial charge in [-0.3, -0.25) is 4.79 Å². The first-order valence-electron chi connectivity index (χ1n) is 14.6. The van der Waals surface area contributed by atoms with Crippen molar-refractivity contribution in [2.45, 2.75) is 78.6 Å². The molecule has 6 rings (SSSR count). The Hall–Kier alpha value is -2.14. The number of rotatable bonds is 12. The summed E-state index contributed by atoms with van der Waals surface area (Å²) in [6.45, 7) is 9.90. The molecule has 1 amide bonds. The van der Waals surface area contributed by atoms with Crippen LogP contribution in [-0.4, -0.2) is 30.5 Å². The molecule has 0 aliphatic heterocycles.